The fraction of sp³-hybridized carbons (Fsp3) is 1.00. The minimum atomic E-state index is 0.317. The van der Waals surface area contributed by atoms with Crippen LogP contribution in [0.1, 0.15) is 25.7 Å². The molecule has 0 aliphatic rings. The molecule has 2 nitrogen and oxygen atoms in total. The summed E-state index contributed by atoms with van der Waals surface area (Å²) in [5.74, 6) is 2.29. The SMILES string of the molecule is OCCCCSCCCCO. The van der Waals surface area contributed by atoms with Crippen LogP contribution >= 0.6 is 11.8 Å². The molecule has 0 spiro atoms. The Morgan fingerprint density at radius 3 is 1.55 bits per heavy atom. The zero-order valence-electron chi connectivity index (χ0n) is 6.96. The lowest BCUT2D eigenvalue weighted by Crippen LogP contribution is -1.89. The number of unbranched alkanes of at least 4 members (excludes halogenated alkanes) is 2. The molecule has 0 bridgehead atoms. The van der Waals surface area contributed by atoms with Gasteiger partial charge in [0.05, 0.1) is 0 Å². The van der Waals surface area contributed by atoms with E-state index in [-0.39, 0.29) is 0 Å². The topological polar surface area (TPSA) is 40.5 Å². The van der Waals surface area contributed by atoms with Crippen molar-refractivity contribution in [1.82, 2.24) is 0 Å². The fourth-order valence-corrected chi connectivity index (χ4v) is 1.75. The van der Waals surface area contributed by atoms with Gasteiger partial charge in [0.1, 0.15) is 0 Å². The van der Waals surface area contributed by atoms with Crippen molar-refractivity contribution >= 4 is 11.8 Å². The van der Waals surface area contributed by atoms with Gasteiger partial charge in [0, 0.05) is 13.2 Å². The summed E-state index contributed by atoms with van der Waals surface area (Å²) in [7, 11) is 0. The Balaban J connectivity index is 2.69. The number of hydrogen-bond acceptors (Lipinski definition) is 3. The standard InChI is InChI=1S/C8H18O2S/c9-5-1-3-7-11-8-4-2-6-10/h9-10H,1-8H2. The van der Waals surface area contributed by atoms with E-state index >= 15 is 0 Å². The molecule has 2 N–H and O–H groups in total. The van der Waals surface area contributed by atoms with Gasteiger partial charge in [-0.1, -0.05) is 0 Å². The number of hydrogen-bond donors (Lipinski definition) is 2. The van der Waals surface area contributed by atoms with E-state index in [1.165, 1.54) is 0 Å². The van der Waals surface area contributed by atoms with Crippen molar-refractivity contribution in [3.63, 3.8) is 0 Å². The third kappa shape index (κ3) is 10.3. The van der Waals surface area contributed by atoms with Gasteiger partial charge in [0.15, 0.2) is 0 Å². The van der Waals surface area contributed by atoms with Crippen LogP contribution in [0, 0.1) is 0 Å². The second-order valence-electron chi connectivity index (χ2n) is 2.47. The highest BCUT2D eigenvalue weighted by Gasteiger charge is 1.89. The highest BCUT2D eigenvalue weighted by molar-refractivity contribution is 7.99. The Morgan fingerprint density at radius 1 is 0.727 bits per heavy atom. The maximum atomic E-state index is 8.46. The fourth-order valence-electron chi connectivity index (χ4n) is 0.734. The monoisotopic (exact) mass is 178 g/mol. The first kappa shape index (κ1) is 11.3. The van der Waals surface area contributed by atoms with Gasteiger partial charge in [-0.3, -0.25) is 0 Å². The largest absolute Gasteiger partial charge is 0.396 e. The van der Waals surface area contributed by atoms with Gasteiger partial charge in [-0.15, -0.1) is 0 Å². The Hall–Kier alpha value is 0.270. The summed E-state index contributed by atoms with van der Waals surface area (Å²) < 4.78 is 0. The van der Waals surface area contributed by atoms with Gasteiger partial charge in [-0.05, 0) is 37.2 Å². The Labute approximate surface area is 73.0 Å². The van der Waals surface area contributed by atoms with Crippen molar-refractivity contribution in [2.75, 3.05) is 24.7 Å². The second-order valence-corrected chi connectivity index (χ2v) is 3.70. The van der Waals surface area contributed by atoms with Gasteiger partial charge in [0.2, 0.25) is 0 Å². The summed E-state index contributed by atoms with van der Waals surface area (Å²) >= 11 is 1.91. The first-order chi connectivity index (χ1) is 5.41. The van der Waals surface area contributed by atoms with Gasteiger partial charge in [-0.2, -0.15) is 11.8 Å². The van der Waals surface area contributed by atoms with Crippen molar-refractivity contribution in [3.05, 3.63) is 0 Å². The third-order valence-electron chi connectivity index (χ3n) is 1.39. The van der Waals surface area contributed by atoms with Gasteiger partial charge in [-0.25, -0.2) is 0 Å². The molecule has 0 rings (SSSR count). The first-order valence-corrected chi connectivity index (χ1v) is 5.36. The predicted octanol–water partition coefficient (Wildman–Crippen LogP) is 1.26. The molecule has 0 aromatic rings. The lowest BCUT2D eigenvalue weighted by molar-refractivity contribution is 0.287. The lowest BCUT2D eigenvalue weighted by atomic mass is 10.4. The van der Waals surface area contributed by atoms with E-state index in [0.29, 0.717) is 13.2 Å². The van der Waals surface area contributed by atoms with E-state index in [9.17, 15) is 0 Å². The van der Waals surface area contributed by atoms with Crippen LogP contribution in [-0.4, -0.2) is 34.9 Å². The van der Waals surface area contributed by atoms with Crippen molar-refractivity contribution in [2.24, 2.45) is 0 Å². The van der Waals surface area contributed by atoms with Crippen molar-refractivity contribution < 1.29 is 10.2 Å². The zero-order chi connectivity index (χ0) is 8.36. The maximum Gasteiger partial charge on any atom is 0.0431 e. The highest BCUT2D eigenvalue weighted by Crippen LogP contribution is 2.06. The molecule has 0 aromatic heterocycles. The van der Waals surface area contributed by atoms with Gasteiger partial charge in [0.25, 0.3) is 0 Å². The second kappa shape index (κ2) is 10.3. The lowest BCUT2D eigenvalue weighted by Gasteiger charge is -1.98. The molecule has 0 aromatic carbocycles. The van der Waals surface area contributed by atoms with Crippen molar-refractivity contribution in [2.45, 2.75) is 25.7 Å². The molecule has 0 amide bonds. The minimum absolute atomic E-state index is 0.317. The van der Waals surface area contributed by atoms with Crippen molar-refractivity contribution in [3.8, 4) is 0 Å². The highest BCUT2D eigenvalue weighted by atomic mass is 32.2. The van der Waals surface area contributed by atoms with E-state index in [1.807, 2.05) is 11.8 Å². The first-order valence-electron chi connectivity index (χ1n) is 4.21. The summed E-state index contributed by atoms with van der Waals surface area (Å²) in [6.07, 6.45) is 4.07. The summed E-state index contributed by atoms with van der Waals surface area (Å²) in [6.45, 7) is 0.633. The molecule has 68 valence electrons. The smallest absolute Gasteiger partial charge is 0.0431 e. The van der Waals surface area contributed by atoms with E-state index in [4.69, 9.17) is 10.2 Å². The third-order valence-corrected chi connectivity index (χ3v) is 2.55. The van der Waals surface area contributed by atoms with E-state index in [0.717, 1.165) is 37.2 Å². The van der Waals surface area contributed by atoms with Crippen LogP contribution in [0.25, 0.3) is 0 Å². The van der Waals surface area contributed by atoms with Crippen molar-refractivity contribution in [1.29, 1.82) is 0 Å². The zero-order valence-corrected chi connectivity index (χ0v) is 7.78. The molecule has 0 fully saturated rings. The molecule has 0 radical (unpaired) electrons. The Kier molecular flexibility index (Phi) is 10.5. The summed E-state index contributed by atoms with van der Waals surface area (Å²) in [5.41, 5.74) is 0. The average Bonchev–Trinajstić information content (AvgIpc) is 2.03. The predicted molar refractivity (Wildman–Crippen MR) is 50.0 cm³/mol. The Bertz CT molecular complexity index is 61.1. The molecular weight excluding hydrogens is 160 g/mol. The van der Waals surface area contributed by atoms with Crippen LogP contribution in [0.15, 0.2) is 0 Å². The Morgan fingerprint density at radius 2 is 1.18 bits per heavy atom. The molecule has 11 heavy (non-hydrogen) atoms. The van der Waals surface area contributed by atoms with Crippen LogP contribution in [-0.2, 0) is 0 Å². The molecule has 0 aliphatic heterocycles. The van der Waals surface area contributed by atoms with E-state index in [1.54, 1.807) is 0 Å². The average molecular weight is 178 g/mol. The summed E-state index contributed by atoms with van der Waals surface area (Å²) in [4.78, 5) is 0. The van der Waals surface area contributed by atoms with Gasteiger partial charge < -0.3 is 10.2 Å². The molecule has 3 heteroatoms. The van der Waals surface area contributed by atoms with E-state index < -0.39 is 0 Å². The number of aliphatic hydroxyl groups excluding tert-OH is 2. The van der Waals surface area contributed by atoms with Crippen LogP contribution in [0.4, 0.5) is 0 Å². The van der Waals surface area contributed by atoms with Crippen LogP contribution in [0.5, 0.6) is 0 Å². The molecule has 0 atom stereocenters. The maximum absolute atomic E-state index is 8.46. The molecule has 0 aliphatic carbocycles. The molecule has 0 saturated carbocycles. The van der Waals surface area contributed by atoms with Gasteiger partial charge >= 0.3 is 0 Å². The number of aliphatic hydroxyl groups is 2. The van der Waals surface area contributed by atoms with Crippen LogP contribution in [0.2, 0.25) is 0 Å². The number of thioether (sulfide) groups is 1. The summed E-state index contributed by atoms with van der Waals surface area (Å²) in [5, 5.41) is 16.9. The number of rotatable bonds is 8. The molecular formula is C8H18O2S. The molecule has 0 heterocycles. The summed E-state index contributed by atoms with van der Waals surface area (Å²) in [6, 6.07) is 0. The minimum Gasteiger partial charge on any atom is -0.396 e. The molecule has 0 saturated heterocycles. The van der Waals surface area contributed by atoms with E-state index in [2.05, 4.69) is 0 Å². The quantitative estimate of drug-likeness (QED) is 0.550. The molecule has 0 unspecified atom stereocenters. The van der Waals surface area contributed by atoms with Crippen LogP contribution < -0.4 is 0 Å². The normalized spacial score (nSPS) is 10.4. The van der Waals surface area contributed by atoms with Crippen LogP contribution in [0.3, 0.4) is 0 Å².